The molecule has 1 aromatic carbocycles. The van der Waals surface area contributed by atoms with Crippen molar-refractivity contribution >= 4 is 0 Å². The lowest BCUT2D eigenvalue weighted by Crippen LogP contribution is -1.98. The molecule has 82 valence electrons. The van der Waals surface area contributed by atoms with E-state index in [1.807, 2.05) is 12.1 Å². The van der Waals surface area contributed by atoms with Gasteiger partial charge in [-0.1, -0.05) is 0 Å². The highest BCUT2D eigenvalue weighted by Gasteiger charge is 2.30. The molecule has 0 radical (unpaired) electrons. The monoisotopic (exact) mass is 210 g/mol. The molecule has 4 heteroatoms. The van der Waals surface area contributed by atoms with E-state index < -0.39 is 0 Å². The Morgan fingerprint density at radius 2 is 1.73 bits per heavy atom. The van der Waals surface area contributed by atoms with Gasteiger partial charge in [0.25, 0.3) is 0 Å². The second-order valence-electron chi connectivity index (χ2n) is 3.25. The Kier molecular flexibility index (Phi) is 2.68. The van der Waals surface area contributed by atoms with E-state index in [4.69, 9.17) is 18.9 Å². The molecule has 0 spiro atoms. The fraction of sp³-hybridized carbons (Fsp3) is 0.455. The van der Waals surface area contributed by atoms with Gasteiger partial charge in [0.05, 0.1) is 27.9 Å². The van der Waals surface area contributed by atoms with Gasteiger partial charge in [-0.15, -0.1) is 0 Å². The Morgan fingerprint density at radius 1 is 1.07 bits per heavy atom. The first-order valence-corrected chi connectivity index (χ1v) is 4.72. The second kappa shape index (κ2) is 3.98. The maximum absolute atomic E-state index is 5.33. The number of hydrogen-bond acceptors (Lipinski definition) is 4. The highest BCUT2D eigenvalue weighted by molar-refractivity contribution is 5.56. The number of methoxy groups -OCH3 is 3. The van der Waals surface area contributed by atoms with Gasteiger partial charge in [0.2, 0.25) is 5.75 Å². The molecule has 1 fully saturated rings. The molecule has 1 aliphatic rings. The molecular weight excluding hydrogens is 196 g/mol. The minimum atomic E-state index is 0.139. The first-order valence-electron chi connectivity index (χ1n) is 4.72. The van der Waals surface area contributed by atoms with Crippen molar-refractivity contribution in [2.45, 2.75) is 6.10 Å². The van der Waals surface area contributed by atoms with Crippen LogP contribution in [0.5, 0.6) is 17.2 Å². The van der Waals surface area contributed by atoms with E-state index in [1.54, 1.807) is 21.3 Å². The summed E-state index contributed by atoms with van der Waals surface area (Å²) in [6.45, 7) is 0.742. The zero-order valence-corrected chi connectivity index (χ0v) is 9.07. The van der Waals surface area contributed by atoms with Crippen LogP contribution in [0.25, 0.3) is 0 Å². The maximum atomic E-state index is 5.33. The number of benzene rings is 1. The van der Waals surface area contributed by atoms with E-state index in [1.165, 1.54) is 0 Å². The van der Waals surface area contributed by atoms with E-state index in [2.05, 4.69) is 0 Å². The first-order chi connectivity index (χ1) is 7.31. The van der Waals surface area contributed by atoms with Crippen LogP contribution in [0.2, 0.25) is 0 Å². The Hall–Kier alpha value is -1.42. The van der Waals surface area contributed by atoms with Crippen LogP contribution in [0.4, 0.5) is 0 Å². The van der Waals surface area contributed by atoms with Crippen molar-refractivity contribution in [3.63, 3.8) is 0 Å². The zero-order chi connectivity index (χ0) is 10.8. The van der Waals surface area contributed by atoms with Crippen molar-refractivity contribution in [1.82, 2.24) is 0 Å². The number of rotatable bonds is 4. The minimum absolute atomic E-state index is 0.139. The molecule has 1 saturated heterocycles. The lowest BCUT2D eigenvalue weighted by Gasteiger charge is -2.14. The Bertz CT molecular complexity index is 358. The molecule has 0 aromatic heterocycles. The lowest BCUT2D eigenvalue weighted by atomic mass is 10.1. The van der Waals surface area contributed by atoms with Crippen LogP contribution < -0.4 is 14.2 Å². The summed E-state index contributed by atoms with van der Waals surface area (Å²) in [7, 11) is 4.81. The van der Waals surface area contributed by atoms with Crippen LogP contribution in [-0.2, 0) is 4.74 Å². The van der Waals surface area contributed by atoms with E-state index in [9.17, 15) is 0 Å². The summed E-state index contributed by atoms with van der Waals surface area (Å²) < 4.78 is 21.0. The average molecular weight is 210 g/mol. The van der Waals surface area contributed by atoms with E-state index in [-0.39, 0.29) is 6.10 Å². The van der Waals surface area contributed by atoms with E-state index in [0.29, 0.717) is 17.2 Å². The third kappa shape index (κ3) is 1.72. The molecule has 15 heavy (non-hydrogen) atoms. The molecule has 4 nitrogen and oxygen atoms in total. The van der Waals surface area contributed by atoms with Gasteiger partial charge < -0.3 is 18.9 Å². The Labute approximate surface area is 88.7 Å². The molecule has 0 aliphatic carbocycles. The standard InChI is InChI=1S/C11H14O4/c1-12-8-5-4-7(9-6-15-9)10(13-2)11(8)14-3/h4-5,9H,6H2,1-3H3. The van der Waals surface area contributed by atoms with Crippen LogP contribution in [0.15, 0.2) is 12.1 Å². The van der Waals surface area contributed by atoms with Crippen molar-refractivity contribution in [3.05, 3.63) is 17.7 Å². The molecule has 1 unspecified atom stereocenters. The Morgan fingerprint density at radius 3 is 2.20 bits per heavy atom. The largest absolute Gasteiger partial charge is 0.493 e. The van der Waals surface area contributed by atoms with Crippen molar-refractivity contribution < 1.29 is 18.9 Å². The van der Waals surface area contributed by atoms with Crippen molar-refractivity contribution in [3.8, 4) is 17.2 Å². The summed E-state index contributed by atoms with van der Waals surface area (Å²) in [5.41, 5.74) is 1.01. The van der Waals surface area contributed by atoms with Gasteiger partial charge >= 0.3 is 0 Å². The van der Waals surface area contributed by atoms with Gasteiger partial charge in [-0.3, -0.25) is 0 Å². The average Bonchev–Trinajstić information content (AvgIpc) is 3.10. The number of ether oxygens (including phenoxy) is 4. The van der Waals surface area contributed by atoms with Gasteiger partial charge in [-0.2, -0.15) is 0 Å². The van der Waals surface area contributed by atoms with Gasteiger partial charge in [-0.05, 0) is 12.1 Å². The van der Waals surface area contributed by atoms with E-state index >= 15 is 0 Å². The Balaban J connectivity index is 2.49. The summed E-state index contributed by atoms with van der Waals surface area (Å²) in [5.74, 6) is 1.98. The number of hydrogen-bond donors (Lipinski definition) is 0. The zero-order valence-electron chi connectivity index (χ0n) is 9.07. The topological polar surface area (TPSA) is 40.2 Å². The smallest absolute Gasteiger partial charge is 0.203 e. The summed E-state index contributed by atoms with van der Waals surface area (Å²) in [6.07, 6.45) is 0.139. The number of epoxide rings is 1. The van der Waals surface area contributed by atoms with Gasteiger partial charge in [0, 0.05) is 5.56 Å². The predicted molar refractivity (Wildman–Crippen MR) is 54.8 cm³/mol. The molecule has 0 saturated carbocycles. The van der Waals surface area contributed by atoms with Gasteiger partial charge in [0.15, 0.2) is 11.5 Å². The molecule has 2 rings (SSSR count). The third-order valence-electron chi connectivity index (χ3n) is 2.41. The fourth-order valence-electron chi connectivity index (χ4n) is 1.61. The van der Waals surface area contributed by atoms with Gasteiger partial charge in [-0.25, -0.2) is 0 Å². The van der Waals surface area contributed by atoms with E-state index in [0.717, 1.165) is 12.2 Å². The van der Waals surface area contributed by atoms with Gasteiger partial charge in [0.1, 0.15) is 6.10 Å². The molecule has 0 bridgehead atoms. The first kappa shape index (κ1) is 10.1. The molecule has 1 heterocycles. The summed E-state index contributed by atoms with van der Waals surface area (Å²) in [6, 6.07) is 3.80. The maximum Gasteiger partial charge on any atom is 0.203 e. The highest BCUT2D eigenvalue weighted by atomic mass is 16.6. The third-order valence-corrected chi connectivity index (χ3v) is 2.41. The van der Waals surface area contributed by atoms with Crippen molar-refractivity contribution in [2.75, 3.05) is 27.9 Å². The van der Waals surface area contributed by atoms with Crippen LogP contribution >= 0.6 is 0 Å². The van der Waals surface area contributed by atoms with Crippen LogP contribution in [-0.4, -0.2) is 27.9 Å². The lowest BCUT2D eigenvalue weighted by molar-refractivity contribution is 0.318. The normalized spacial score (nSPS) is 18.5. The van der Waals surface area contributed by atoms with Crippen LogP contribution in [0, 0.1) is 0 Å². The second-order valence-corrected chi connectivity index (χ2v) is 3.25. The quantitative estimate of drug-likeness (QED) is 0.710. The summed E-state index contributed by atoms with van der Waals surface area (Å²) >= 11 is 0. The summed E-state index contributed by atoms with van der Waals surface area (Å²) in [4.78, 5) is 0. The molecule has 1 atom stereocenters. The molecule has 0 N–H and O–H groups in total. The summed E-state index contributed by atoms with van der Waals surface area (Å²) in [5, 5.41) is 0. The SMILES string of the molecule is COc1ccc(C2CO2)c(OC)c1OC. The molecule has 1 aromatic rings. The highest BCUT2D eigenvalue weighted by Crippen LogP contribution is 2.45. The van der Waals surface area contributed by atoms with Crippen molar-refractivity contribution in [2.24, 2.45) is 0 Å². The molecule has 1 aliphatic heterocycles. The minimum Gasteiger partial charge on any atom is -0.493 e. The van der Waals surface area contributed by atoms with Crippen LogP contribution in [0.3, 0.4) is 0 Å². The fourth-order valence-corrected chi connectivity index (χ4v) is 1.61. The van der Waals surface area contributed by atoms with Crippen LogP contribution in [0.1, 0.15) is 11.7 Å². The predicted octanol–water partition coefficient (Wildman–Crippen LogP) is 1.78. The molecule has 0 amide bonds. The molecular formula is C11H14O4. The van der Waals surface area contributed by atoms with Crippen molar-refractivity contribution in [1.29, 1.82) is 0 Å².